The summed E-state index contributed by atoms with van der Waals surface area (Å²) in [6, 6.07) is 12.9. The number of anilines is 1. The highest BCUT2D eigenvalue weighted by molar-refractivity contribution is 7.99. The van der Waals surface area contributed by atoms with E-state index >= 15 is 0 Å². The Hall–Kier alpha value is -2.11. The lowest BCUT2D eigenvalue weighted by atomic mass is 10.2. The number of nitrogens with one attached hydrogen (secondary N) is 2. The number of hydrogen-bond acceptors (Lipinski definition) is 4. The van der Waals surface area contributed by atoms with Crippen LogP contribution in [0.5, 0.6) is 5.75 Å². The summed E-state index contributed by atoms with van der Waals surface area (Å²) >= 11 is 1.82. The van der Waals surface area contributed by atoms with Gasteiger partial charge in [-0.1, -0.05) is 30.0 Å². The molecule has 0 unspecified atom stereocenters. The molecule has 0 saturated carbocycles. The molecule has 1 fully saturated rings. The van der Waals surface area contributed by atoms with Crippen LogP contribution in [-0.4, -0.2) is 38.3 Å². The Labute approximate surface area is 152 Å². The maximum Gasteiger partial charge on any atom is 0.142 e. The van der Waals surface area contributed by atoms with E-state index in [1.165, 1.54) is 26.4 Å². The highest BCUT2D eigenvalue weighted by atomic mass is 32.2. The number of ether oxygens (including phenoxy) is 1. The third kappa shape index (κ3) is 3.22. The van der Waals surface area contributed by atoms with Crippen molar-refractivity contribution in [2.75, 3.05) is 38.2 Å². The molecule has 4 nitrogen and oxygen atoms in total. The van der Waals surface area contributed by atoms with Gasteiger partial charge in [0.15, 0.2) is 0 Å². The van der Waals surface area contributed by atoms with Crippen LogP contribution in [0.15, 0.2) is 52.4 Å². The topological polar surface area (TPSA) is 40.3 Å². The molecule has 1 aliphatic heterocycles. The van der Waals surface area contributed by atoms with Gasteiger partial charge in [0.05, 0.1) is 18.3 Å². The monoisotopic (exact) mass is 353 g/mol. The van der Waals surface area contributed by atoms with Crippen LogP contribution in [0.25, 0.3) is 10.9 Å². The van der Waals surface area contributed by atoms with Crippen LogP contribution in [0.1, 0.15) is 5.56 Å². The molecule has 4 rings (SSSR count). The van der Waals surface area contributed by atoms with Crippen LogP contribution in [-0.2, 0) is 0 Å². The Kier molecular flexibility index (Phi) is 4.59. The first kappa shape index (κ1) is 16.4. The molecule has 0 spiro atoms. The predicted molar refractivity (Wildman–Crippen MR) is 105 cm³/mol. The molecule has 0 aliphatic carbocycles. The zero-order valence-corrected chi connectivity index (χ0v) is 15.5. The van der Waals surface area contributed by atoms with Crippen molar-refractivity contribution < 1.29 is 4.74 Å². The minimum absolute atomic E-state index is 0.885. The average molecular weight is 353 g/mol. The number of H-pyrrole nitrogens is 1. The van der Waals surface area contributed by atoms with Crippen LogP contribution < -0.4 is 15.0 Å². The van der Waals surface area contributed by atoms with Gasteiger partial charge < -0.3 is 19.9 Å². The van der Waals surface area contributed by atoms with Crippen LogP contribution in [0.2, 0.25) is 0 Å². The molecule has 2 N–H and O–H groups in total. The Morgan fingerprint density at radius 1 is 1.08 bits per heavy atom. The second-order valence-electron chi connectivity index (χ2n) is 6.35. The lowest BCUT2D eigenvalue weighted by molar-refractivity contribution is 0.419. The molecule has 0 atom stereocenters. The molecule has 0 bridgehead atoms. The van der Waals surface area contributed by atoms with Crippen molar-refractivity contribution in [2.45, 2.75) is 16.7 Å². The molecule has 0 amide bonds. The summed E-state index contributed by atoms with van der Waals surface area (Å²) in [5, 5.41) is 4.64. The maximum atomic E-state index is 5.47. The first-order valence-corrected chi connectivity index (χ1v) is 9.46. The van der Waals surface area contributed by atoms with Crippen LogP contribution >= 0.6 is 11.8 Å². The van der Waals surface area contributed by atoms with E-state index in [1.807, 2.05) is 23.9 Å². The number of aromatic nitrogens is 1. The van der Waals surface area contributed by atoms with E-state index < -0.39 is 0 Å². The van der Waals surface area contributed by atoms with Gasteiger partial charge in [-0.3, -0.25) is 0 Å². The third-order valence-electron chi connectivity index (χ3n) is 4.65. The van der Waals surface area contributed by atoms with Crippen molar-refractivity contribution in [2.24, 2.45) is 0 Å². The molecular weight excluding hydrogens is 330 g/mol. The van der Waals surface area contributed by atoms with Gasteiger partial charge in [0.25, 0.3) is 0 Å². The Balaban J connectivity index is 1.71. The normalized spacial score (nSPS) is 14.9. The Bertz CT molecular complexity index is 884. The molecule has 2 aromatic carbocycles. The van der Waals surface area contributed by atoms with Gasteiger partial charge >= 0.3 is 0 Å². The van der Waals surface area contributed by atoms with Crippen LogP contribution in [0.4, 0.5) is 5.69 Å². The molecule has 0 radical (unpaired) electrons. The molecule has 3 aromatic rings. The Morgan fingerprint density at radius 2 is 1.92 bits per heavy atom. The number of piperazine rings is 1. The fourth-order valence-electron chi connectivity index (χ4n) is 3.34. The molecule has 130 valence electrons. The first-order chi connectivity index (χ1) is 12.3. The summed E-state index contributed by atoms with van der Waals surface area (Å²) in [6.07, 6.45) is 2.08. The van der Waals surface area contributed by atoms with E-state index in [1.54, 1.807) is 7.11 Å². The van der Waals surface area contributed by atoms with E-state index in [9.17, 15) is 0 Å². The van der Waals surface area contributed by atoms with Gasteiger partial charge in [-0.2, -0.15) is 0 Å². The van der Waals surface area contributed by atoms with Gasteiger partial charge in [-0.25, -0.2) is 0 Å². The number of para-hydroxylation sites is 1. The third-order valence-corrected chi connectivity index (χ3v) is 5.77. The molecule has 2 heterocycles. The largest absolute Gasteiger partial charge is 0.495 e. The minimum atomic E-state index is 0.885. The van der Waals surface area contributed by atoms with Crippen molar-refractivity contribution in [3.05, 3.63) is 48.2 Å². The maximum absolute atomic E-state index is 5.47. The number of rotatable bonds is 4. The predicted octanol–water partition coefficient (Wildman–Crippen LogP) is 4.05. The van der Waals surface area contributed by atoms with Crippen molar-refractivity contribution in [1.82, 2.24) is 10.3 Å². The SMILES string of the molecule is COc1cccc2c(Sc3ccc(C)cc3N3CCNCC3)c[nH]c12. The summed E-state index contributed by atoms with van der Waals surface area (Å²) < 4.78 is 5.47. The molecule has 1 saturated heterocycles. The highest BCUT2D eigenvalue weighted by Gasteiger charge is 2.17. The van der Waals surface area contributed by atoms with Gasteiger partial charge in [0, 0.05) is 47.6 Å². The van der Waals surface area contributed by atoms with E-state index in [2.05, 4.69) is 52.6 Å². The fourth-order valence-corrected chi connectivity index (χ4v) is 4.40. The Morgan fingerprint density at radius 3 is 2.72 bits per heavy atom. The first-order valence-electron chi connectivity index (χ1n) is 8.64. The number of hydrogen-bond donors (Lipinski definition) is 2. The van der Waals surface area contributed by atoms with Gasteiger partial charge in [0.2, 0.25) is 0 Å². The zero-order valence-electron chi connectivity index (χ0n) is 14.6. The molecule has 25 heavy (non-hydrogen) atoms. The number of benzene rings is 2. The van der Waals surface area contributed by atoms with Crippen molar-refractivity contribution in [3.8, 4) is 5.75 Å². The molecular formula is C20H23N3OS. The number of aromatic amines is 1. The summed E-state index contributed by atoms with van der Waals surface area (Å²) in [6.45, 7) is 6.36. The number of aryl methyl sites for hydroxylation is 1. The van der Waals surface area contributed by atoms with Gasteiger partial charge in [-0.05, 0) is 30.7 Å². The lowest BCUT2D eigenvalue weighted by Crippen LogP contribution is -2.43. The van der Waals surface area contributed by atoms with E-state index in [4.69, 9.17) is 4.74 Å². The van der Waals surface area contributed by atoms with E-state index in [0.717, 1.165) is 37.4 Å². The lowest BCUT2D eigenvalue weighted by Gasteiger charge is -2.31. The minimum Gasteiger partial charge on any atom is -0.495 e. The number of nitrogens with zero attached hydrogens (tertiary/aromatic N) is 1. The average Bonchev–Trinajstić information content (AvgIpc) is 3.07. The molecule has 5 heteroatoms. The smallest absolute Gasteiger partial charge is 0.142 e. The van der Waals surface area contributed by atoms with Crippen LogP contribution in [0.3, 0.4) is 0 Å². The summed E-state index contributed by atoms with van der Waals surface area (Å²) in [5.74, 6) is 0.885. The van der Waals surface area contributed by atoms with Gasteiger partial charge in [-0.15, -0.1) is 0 Å². The van der Waals surface area contributed by atoms with E-state index in [-0.39, 0.29) is 0 Å². The summed E-state index contributed by atoms with van der Waals surface area (Å²) in [4.78, 5) is 8.39. The number of fused-ring (bicyclic) bond motifs is 1. The van der Waals surface area contributed by atoms with Crippen LogP contribution in [0, 0.1) is 6.92 Å². The quantitative estimate of drug-likeness (QED) is 0.742. The van der Waals surface area contributed by atoms with Crippen molar-refractivity contribution in [1.29, 1.82) is 0 Å². The van der Waals surface area contributed by atoms with Crippen molar-refractivity contribution in [3.63, 3.8) is 0 Å². The van der Waals surface area contributed by atoms with Gasteiger partial charge in [0.1, 0.15) is 5.75 Å². The van der Waals surface area contributed by atoms with Crippen molar-refractivity contribution >= 4 is 28.4 Å². The zero-order chi connectivity index (χ0) is 17.2. The summed E-state index contributed by atoms with van der Waals surface area (Å²) in [5.41, 5.74) is 3.70. The molecule has 1 aliphatic rings. The fraction of sp³-hybridized carbons (Fsp3) is 0.300. The highest BCUT2D eigenvalue weighted by Crippen LogP contribution is 2.40. The molecule has 1 aromatic heterocycles. The standard InChI is InChI=1S/C20H23N3OS/c1-14-6-7-18(16(12-14)23-10-8-21-9-11-23)25-19-13-22-20-15(19)4-3-5-17(20)24-2/h3-7,12-13,21-22H,8-11H2,1-2H3. The number of methoxy groups -OCH3 is 1. The second kappa shape index (κ2) is 7.02. The van der Waals surface area contributed by atoms with E-state index in [0.29, 0.717) is 0 Å². The second-order valence-corrected chi connectivity index (χ2v) is 7.43. The summed E-state index contributed by atoms with van der Waals surface area (Å²) in [7, 11) is 1.71.